The lowest BCUT2D eigenvalue weighted by Gasteiger charge is -2.35. The lowest BCUT2D eigenvalue weighted by Crippen LogP contribution is -3.16. The van der Waals surface area contributed by atoms with E-state index in [0.717, 1.165) is 31.9 Å². The molecule has 1 amide bonds. The number of carbonyl (C=O) groups is 1. The Kier molecular flexibility index (Phi) is 6.11. The average Bonchev–Trinajstić information content (AvgIpc) is 3.09. The van der Waals surface area contributed by atoms with Gasteiger partial charge in [-0.15, -0.1) is 0 Å². The molecule has 0 unspecified atom stereocenters. The zero-order valence-corrected chi connectivity index (χ0v) is 18.3. The number of aryl methyl sites for hydroxylation is 1. The van der Waals surface area contributed by atoms with Gasteiger partial charge in [0.1, 0.15) is 0 Å². The number of anilines is 2. The number of carbonyl (C=O) groups excluding carboxylic acids is 1. The summed E-state index contributed by atoms with van der Waals surface area (Å²) < 4.78 is 24.1. The summed E-state index contributed by atoms with van der Waals surface area (Å²) >= 11 is 0. The fourth-order valence-electron chi connectivity index (χ4n) is 4.58. The molecule has 0 bridgehead atoms. The van der Waals surface area contributed by atoms with Gasteiger partial charge in [-0.25, -0.2) is 8.42 Å². The van der Waals surface area contributed by atoms with Crippen LogP contribution in [0.25, 0.3) is 0 Å². The van der Waals surface area contributed by atoms with E-state index in [-0.39, 0.29) is 23.5 Å². The van der Waals surface area contributed by atoms with E-state index in [9.17, 15) is 13.2 Å². The van der Waals surface area contributed by atoms with Gasteiger partial charge in [-0.3, -0.25) is 4.79 Å². The number of quaternary nitrogens is 1. The van der Waals surface area contributed by atoms with Crippen LogP contribution >= 0.6 is 0 Å². The normalized spacial score (nSPS) is 21.5. The first-order valence-electron chi connectivity index (χ1n) is 10.6. The summed E-state index contributed by atoms with van der Waals surface area (Å²) in [7, 11) is -3.06. The molecule has 2 fully saturated rings. The third-order valence-corrected chi connectivity index (χ3v) is 7.95. The van der Waals surface area contributed by atoms with Crippen molar-refractivity contribution >= 4 is 27.1 Å². The monoisotopic (exact) mass is 428 g/mol. The molecule has 0 radical (unpaired) electrons. The summed E-state index contributed by atoms with van der Waals surface area (Å²) in [5, 5.41) is 0. The van der Waals surface area contributed by atoms with Crippen LogP contribution in [-0.4, -0.2) is 64.6 Å². The van der Waals surface area contributed by atoms with Crippen LogP contribution in [0.3, 0.4) is 0 Å². The van der Waals surface area contributed by atoms with Gasteiger partial charge < -0.3 is 14.7 Å². The minimum Gasteiger partial charge on any atom is -0.360 e. The Morgan fingerprint density at radius 3 is 2.37 bits per heavy atom. The Morgan fingerprint density at radius 2 is 1.73 bits per heavy atom. The molecule has 2 aromatic carbocycles. The number of nitrogens with one attached hydrogen (secondary N) is 1. The first-order valence-corrected chi connectivity index (χ1v) is 12.5. The van der Waals surface area contributed by atoms with Crippen LogP contribution in [0.1, 0.15) is 12.0 Å². The maximum atomic E-state index is 13.3. The molecule has 0 saturated carbocycles. The maximum absolute atomic E-state index is 13.3. The zero-order chi connectivity index (χ0) is 21.1. The number of piperazine rings is 1. The number of sulfone groups is 1. The van der Waals surface area contributed by atoms with Gasteiger partial charge in [-0.1, -0.05) is 36.4 Å². The van der Waals surface area contributed by atoms with Crippen molar-refractivity contribution in [3.8, 4) is 0 Å². The second-order valence-corrected chi connectivity index (χ2v) is 10.6. The van der Waals surface area contributed by atoms with Gasteiger partial charge in [0.25, 0.3) is 5.91 Å². The molecular formula is C23H30N3O3S+. The van der Waals surface area contributed by atoms with Gasteiger partial charge in [-0.2, -0.15) is 0 Å². The van der Waals surface area contributed by atoms with Gasteiger partial charge in [0.15, 0.2) is 16.4 Å². The van der Waals surface area contributed by atoms with E-state index in [4.69, 9.17) is 0 Å². The van der Waals surface area contributed by atoms with Crippen LogP contribution < -0.4 is 14.7 Å². The molecule has 0 aliphatic carbocycles. The van der Waals surface area contributed by atoms with Crippen molar-refractivity contribution in [2.75, 3.05) is 54.0 Å². The molecule has 2 aromatic rings. The summed E-state index contributed by atoms with van der Waals surface area (Å²) in [5.41, 5.74) is 3.34. The lowest BCUT2D eigenvalue weighted by molar-refractivity contribution is -0.892. The van der Waals surface area contributed by atoms with Crippen LogP contribution in [0.5, 0.6) is 0 Å². The van der Waals surface area contributed by atoms with Crippen molar-refractivity contribution in [3.05, 3.63) is 60.2 Å². The molecule has 2 aliphatic heterocycles. The Hall–Kier alpha value is -2.38. The molecule has 1 atom stereocenters. The van der Waals surface area contributed by atoms with Gasteiger partial charge in [-0.05, 0) is 37.1 Å². The van der Waals surface area contributed by atoms with E-state index >= 15 is 0 Å². The van der Waals surface area contributed by atoms with Crippen LogP contribution in [0.15, 0.2) is 54.6 Å². The summed E-state index contributed by atoms with van der Waals surface area (Å²) in [6.45, 7) is 6.14. The Labute approximate surface area is 179 Å². The smallest absolute Gasteiger partial charge is 0.282 e. The van der Waals surface area contributed by atoms with Gasteiger partial charge >= 0.3 is 0 Å². The average molecular weight is 429 g/mol. The molecule has 7 heteroatoms. The van der Waals surface area contributed by atoms with Gasteiger partial charge in [0.05, 0.1) is 43.7 Å². The van der Waals surface area contributed by atoms with Crippen molar-refractivity contribution in [1.29, 1.82) is 0 Å². The first-order chi connectivity index (χ1) is 14.4. The minimum absolute atomic E-state index is 0.0163. The number of nitrogens with zero attached hydrogens (tertiary/aromatic N) is 2. The first kappa shape index (κ1) is 20.9. The van der Waals surface area contributed by atoms with Crippen LogP contribution in [0.4, 0.5) is 11.4 Å². The van der Waals surface area contributed by atoms with E-state index < -0.39 is 9.84 Å². The zero-order valence-electron chi connectivity index (χ0n) is 17.5. The SMILES string of the molecule is Cc1ccccc1N1CC[NH+](CC(=O)N(c2ccccc2)[C@@H]2CCS(=O)(=O)C2)CC1. The quantitative estimate of drug-likeness (QED) is 0.769. The number of hydrogen-bond donors (Lipinski definition) is 1. The molecule has 0 spiro atoms. The summed E-state index contributed by atoms with van der Waals surface area (Å²) in [6.07, 6.45) is 0.513. The Bertz CT molecular complexity index is 986. The lowest BCUT2D eigenvalue weighted by atomic mass is 10.1. The molecule has 2 saturated heterocycles. The van der Waals surface area contributed by atoms with Crippen molar-refractivity contribution in [2.45, 2.75) is 19.4 Å². The summed E-state index contributed by atoms with van der Waals surface area (Å²) in [4.78, 5) is 18.7. The highest BCUT2D eigenvalue weighted by Crippen LogP contribution is 2.24. The highest BCUT2D eigenvalue weighted by molar-refractivity contribution is 7.91. The minimum atomic E-state index is -3.06. The highest BCUT2D eigenvalue weighted by atomic mass is 32.2. The predicted molar refractivity (Wildman–Crippen MR) is 120 cm³/mol. The van der Waals surface area contributed by atoms with Gasteiger partial charge in [0.2, 0.25) is 0 Å². The second kappa shape index (κ2) is 8.78. The molecule has 6 nitrogen and oxygen atoms in total. The molecule has 2 aliphatic rings. The third kappa shape index (κ3) is 4.68. The van der Waals surface area contributed by atoms with Crippen molar-refractivity contribution < 1.29 is 18.1 Å². The van der Waals surface area contributed by atoms with E-state index in [1.165, 1.54) is 16.2 Å². The van der Waals surface area contributed by atoms with Crippen LogP contribution in [0, 0.1) is 6.92 Å². The fraction of sp³-hybridized carbons (Fsp3) is 0.435. The van der Waals surface area contributed by atoms with E-state index in [0.29, 0.717) is 13.0 Å². The molecule has 160 valence electrons. The number of amides is 1. The number of rotatable bonds is 5. The largest absolute Gasteiger partial charge is 0.360 e. The number of hydrogen-bond acceptors (Lipinski definition) is 4. The number of benzene rings is 2. The van der Waals surface area contributed by atoms with Crippen LogP contribution in [-0.2, 0) is 14.6 Å². The summed E-state index contributed by atoms with van der Waals surface area (Å²) in [5.74, 6) is 0.239. The second-order valence-electron chi connectivity index (χ2n) is 8.36. The standard InChI is InChI=1S/C23H29N3O3S/c1-19-7-5-6-10-22(19)25-14-12-24(13-15-25)17-23(27)26(20-8-3-2-4-9-20)21-11-16-30(28,29)18-21/h2-10,21H,11-18H2,1H3/p+1/t21-/m1/s1. The van der Waals surface area contributed by atoms with Crippen molar-refractivity contribution in [2.24, 2.45) is 0 Å². The maximum Gasteiger partial charge on any atom is 0.282 e. The third-order valence-electron chi connectivity index (χ3n) is 6.20. The Morgan fingerprint density at radius 1 is 1.07 bits per heavy atom. The Balaban J connectivity index is 1.43. The van der Waals surface area contributed by atoms with E-state index in [1.54, 1.807) is 4.90 Å². The number of para-hydroxylation sites is 2. The van der Waals surface area contributed by atoms with Gasteiger partial charge in [0, 0.05) is 11.4 Å². The molecule has 4 rings (SSSR count). The van der Waals surface area contributed by atoms with E-state index in [1.807, 2.05) is 30.3 Å². The molecule has 0 aromatic heterocycles. The molecule has 1 N–H and O–H groups in total. The van der Waals surface area contributed by atoms with E-state index in [2.05, 4.69) is 36.1 Å². The van der Waals surface area contributed by atoms with Crippen molar-refractivity contribution in [3.63, 3.8) is 0 Å². The molecule has 30 heavy (non-hydrogen) atoms. The summed E-state index contributed by atoms with van der Waals surface area (Å²) in [6, 6.07) is 17.6. The highest BCUT2D eigenvalue weighted by Gasteiger charge is 2.37. The molecular weight excluding hydrogens is 398 g/mol. The van der Waals surface area contributed by atoms with Crippen molar-refractivity contribution in [1.82, 2.24) is 0 Å². The predicted octanol–water partition coefficient (Wildman–Crippen LogP) is 0.920. The fourth-order valence-corrected chi connectivity index (χ4v) is 6.28. The van der Waals surface area contributed by atoms with Crippen LogP contribution in [0.2, 0.25) is 0 Å². The molecule has 2 heterocycles. The topological polar surface area (TPSA) is 62.1 Å².